The second-order valence-electron chi connectivity index (χ2n) is 11.0. The predicted octanol–water partition coefficient (Wildman–Crippen LogP) is 10.2. The molecule has 44 heavy (non-hydrogen) atoms. The SMILES string of the molecule is Cc1ccc(N(c2ccc(C=O)cc2)c2ccc(-c3ccc(N(c4ccc(C)cc4)c4ccc(CO)cc4)cc3)cc2)cc1. The van der Waals surface area contributed by atoms with E-state index in [1.165, 1.54) is 11.1 Å². The average Bonchev–Trinajstić information content (AvgIpc) is 3.08. The highest BCUT2D eigenvalue weighted by Gasteiger charge is 2.15. The first kappa shape index (κ1) is 28.7. The molecule has 0 aliphatic heterocycles. The van der Waals surface area contributed by atoms with Crippen molar-refractivity contribution in [3.8, 4) is 11.1 Å². The number of aryl methyl sites for hydroxylation is 2. The summed E-state index contributed by atoms with van der Waals surface area (Å²) < 4.78 is 0. The van der Waals surface area contributed by atoms with Crippen LogP contribution in [0.15, 0.2) is 146 Å². The lowest BCUT2D eigenvalue weighted by atomic mass is 10.0. The average molecular weight is 575 g/mol. The van der Waals surface area contributed by atoms with E-state index in [0.29, 0.717) is 5.56 Å². The number of benzene rings is 6. The number of anilines is 6. The highest BCUT2D eigenvalue weighted by atomic mass is 16.3. The number of hydrogen-bond acceptors (Lipinski definition) is 4. The maximum atomic E-state index is 11.3. The Morgan fingerprint density at radius 3 is 1.07 bits per heavy atom. The lowest BCUT2D eigenvalue weighted by Gasteiger charge is -2.26. The molecule has 4 heteroatoms. The van der Waals surface area contributed by atoms with Crippen molar-refractivity contribution in [2.24, 2.45) is 0 Å². The van der Waals surface area contributed by atoms with Crippen LogP contribution >= 0.6 is 0 Å². The molecule has 0 spiro atoms. The predicted molar refractivity (Wildman–Crippen MR) is 182 cm³/mol. The lowest BCUT2D eigenvalue weighted by molar-refractivity contribution is 0.112. The van der Waals surface area contributed by atoms with Gasteiger partial charge in [-0.05, 0) is 115 Å². The summed E-state index contributed by atoms with van der Waals surface area (Å²) in [6, 6.07) is 49.8. The van der Waals surface area contributed by atoms with E-state index in [4.69, 9.17) is 0 Å². The van der Waals surface area contributed by atoms with E-state index >= 15 is 0 Å². The van der Waals surface area contributed by atoms with Gasteiger partial charge in [-0.25, -0.2) is 0 Å². The fourth-order valence-electron chi connectivity index (χ4n) is 5.34. The van der Waals surface area contributed by atoms with Gasteiger partial charge in [-0.15, -0.1) is 0 Å². The van der Waals surface area contributed by atoms with Crippen molar-refractivity contribution in [2.75, 3.05) is 9.80 Å². The summed E-state index contributed by atoms with van der Waals surface area (Å²) in [5.74, 6) is 0. The summed E-state index contributed by atoms with van der Waals surface area (Å²) in [5, 5.41) is 9.54. The van der Waals surface area contributed by atoms with Gasteiger partial charge in [0.1, 0.15) is 6.29 Å². The summed E-state index contributed by atoms with van der Waals surface area (Å²) in [4.78, 5) is 15.7. The van der Waals surface area contributed by atoms with Gasteiger partial charge in [0, 0.05) is 39.7 Å². The van der Waals surface area contributed by atoms with Crippen LogP contribution in [0.5, 0.6) is 0 Å². The van der Waals surface area contributed by atoms with Crippen molar-refractivity contribution in [1.29, 1.82) is 0 Å². The van der Waals surface area contributed by atoms with Gasteiger partial charge in [-0.2, -0.15) is 0 Å². The molecular weight excluding hydrogens is 540 g/mol. The quantitative estimate of drug-likeness (QED) is 0.175. The van der Waals surface area contributed by atoms with Crippen molar-refractivity contribution >= 4 is 40.4 Å². The summed E-state index contributed by atoms with van der Waals surface area (Å²) in [5.41, 5.74) is 12.4. The molecule has 6 aromatic carbocycles. The molecule has 0 fully saturated rings. The number of aldehydes is 1. The van der Waals surface area contributed by atoms with Crippen LogP contribution in [0.4, 0.5) is 34.1 Å². The first-order chi connectivity index (χ1) is 21.5. The monoisotopic (exact) mass is 574 g/mol. The zero-order chi connectivity index (χ0) is 30.5. The summed E-state index contributed by atoms with van der Waals surface area (Å²) in [6.45, 7) is 4.20. The third-order valence-corrected chi connectivity index (χ3v) is 7.83. The maximum absolute atomic E-state index is 11.3. The Hall–Kier alpha value is -5.45. The molecule has 1 N–H and O–H groups in total. The van der Waals surface area contributed by atoms with Crippen LogP contribution in [0.1, 0.15) is 27.0 Å². The van der Waals surface area contributed by atoms with E-state index in [0.717, 1.165) is 57.1 Å². The largest absolute Gasteiger partial charge is 0.392 e. The Morgan fingerprint density at radius 2 is 0.750 bits per heavy atom. The zero-order valence-corrected chi connectivity index (χ0v) is 24.9. The highest BCUT2D eigenvalue weighted by Crippen LogP contribution is 2.38. The van der Waals surface area contributed by atoms with Gasteiger partial charge in [0.2, 0.25) is 0 Å². The molecule has 0 saturated heterocycles. The summed E-state index contributed by atoms with van der Waals surface area (Å²) in [6.07, 6.45) is 0.868. The number of rotatable bonds is 9. The number of aliphatic hydroxyl groups is 1. The molecule has 0 amide bonds. The number of carbonyl (C=O) groups is 1. The molecule has 6 rings (SSSR count). The van der Waals surface area contributed by atoms with Crippen LogP contribution in [0, 0.1) is 13.8 Å². The molecule has 0 atom stereocenters. The number of carbonyl (C=O) groups excluding carboxylic acids is 1. The maximum Gasteiger partial charge on any atom is 0.150 e. The van der Waals surface area contributed by atoms with Crippen molar-refractivity contribution < 1.29 is 9.90 Å². The smallest absolute Gasteiger partial charge is 0.150 e. The van der Waals surface area contributed by atoms with E-state index in [9.17, 15) is 9.90 Å². The number of hydrogen-bond donors (Lipinski definition) is 1. The summed E-state index contributed by atoms with van der Waals surface area (Å²) >= 11 is 0. The molecule has 0 radical (unpaired) electrons. The third kappa shape index (κ3) is 6.17. The topological polar surface area (TPSA) is 43.8 Å². The van der Waals surface area contributed by atoms with Crippen molar-refractivity contribution in [3.63, 3.8) is 0 Å². The van der Waals surface area contributed by atoms with Gasteiger partial charge in [-0.3, -0.25) is 4.79 Å². The Kier molecular flexibility index (Phi) is 8.35. The molecule has 0 aromatic heterocycles. The number of aliphatic hydroxyl groups excluding tert-OH is 1. The van der Waals surface area contributed by atoms with Gasteiger partial charge in [0.15, 0.2) is 0 Å². The first-order valence-electron chi connectivity index (χ1n) is 14.7. The molecule has 0 bridgehead atoms. The van der Waals surface area contributed by atoms with Crippen LogP contribution in [-0.2, 0) is 6.61 Å². The van der Waals surface area contributed by atoms with E-state index in [1.54, 1.807) is 0 Å². The van der Waals surface area contributed by atoms with Crippen LogP contribution in [0.3, 0.4) is 0 Å². The van der Waals surface area contributed by atoms with Gasteiger partial charge in [0.05, 0.1) is 6.61 Å². The van der Waals surface area contributed by atoms with Crippen molar-refractivity contribution in [3.05, 3.63) is 168 Å². The van der Waals surface area contributed by atoms with E-state index in [2.05, 4.69) is 121 Å². The minimum absolute atomic E-state index is 0.0214. The Morgan fingerprint density at radius 1 is 0.455 bits per heavy atom. The van der Waals surface area contributed by atoms with Crippen LogP contribution < -0.4 is 9.80 Å². The fraction of sp³-hybridized carbons (Fsp3) is 0.0750. The molecule has 4 nitrogen and oxygen atoms in total. The Labute approximate surface area is 259 Å². The van der Waals surface area contributed by atoms with E-state index in [1.807, 2.05) is 48.5 Å². The molecule has 0 saturated carbocycles. The first-order valence-corrected chi connectivity index (χ1v) is 14.7. The molecule has 0 heterocycles. The second-order valence-corrected chi connectivity index (χ2v) is 11.0. The van der Waals surface area contributed by atoms with Crippen LogP contribution in [0.2, 0.25) is 0 Å². The zero-order valence-electron chi connectivity index (χ0n) is 24.9. The highest BCUT2D eigenvalue weighted by molar-refractivity contribution is 5.82. The van der Waals surface area contributed by atoms with Gasteiger partial charge >= 0.3 is 0 Å². The molecular formula is C40H34N2O2. The molecule has 0 aliphatic rings. The number of nitrogens with zero attached hydrogens (tertiary/aromatic N) is 2. The van der Waals surface area contributed by atoms with E-state index in [-0.39, 0.29) is 6.61 Å². The molecule has 0 unspecified atom stereocenters. The van der Waals surface area contributed by atoms with Gasteiger partial charge in [0.25, 0.3) is 0 Å². The second kappa shape index (κ2) is 12.8. The minimum Gasteiger partial charge on any atom is -0.392 e. The van der Waals surface area contributed by atoms with E-state index < -0.39 is 0 Å². The fourth-order valence-corrected chi connectivity index (χ4v) is 5.34. The van der Waals surface area contributed by atoms with Gasteiger partial charge < -0.3 is 14.9 Å². The normalized spacial score (nSPS) is 10.8. The van der Waals surface area contributed by atoms with Crippen LogP contribution in [-0.4, -0.2) is 11.4 Å². The Balaban J connectivity index is 1.31. The molecule has 6 aromatic rings. The summed E-state index contributed by atoms with van der Waals surface area (Å²) in [7, 11) is 0. The lowest BCUT2D eigenvalue weighted by Crippen LogP contribution is -2.10. The van der Waals surface area contributed by atoms with Crippen molar-refractivity contribution in [1.82, 2.24) is 0 Å². The standard InChI is InChI=1S/C40H34N2O2/c1-29-3-15-35(16-4-29)41(37-19-7-31(27-43)8-20-37)39-23-11-33(12-24-39)34-13-25-40(26-14-34)42(36-17-5-30(2)6-18-36)38-21-9-32(28-44)10-22-38/h3-27,44H,28H2,1-2H3. The third-order valence-electron chi connectivity index (χ3n) is 7.83. The Bertz CT molecular complexity index is 1830. The van der Waals surface area contributed by atoms with Crippen molar-refractivity contribution in [2.45, 2.75) is 20.5 Å². The minimum atomic E-state index is 0.0214. The molecule has 216 valence electrons. The van der Waals surface area contributed by atoms with Gasteiger partial charge in [-0.1, -0.05) is 71.8 Å². The van der Waals surface area contributed by atoms with Crippen LogP contribution in [0.25, 0.3) is 11.1 Å². The molecule has 0 aliphatic carbocycles.